The van der Waals surface area contributed by atoms with Crippen molar-refractivity contribution in [2.24, 2.45) is 11.3 Å². The zero-order chi connectivity index (χ0) is 17.6. The molecule has 2 aliphatic heterocycles. The fraction of sp³-hybridized carbons (Fsp3) is 0.500. The van der Waals surface area contributed by atoms with Gasteiger partial charge in [0.25, 0.3) is 0 Å². The van der Waals surface area contributed by atoms with E-state index < -0.39 is 0 Å². The lowest BCUT2D eigenvalue weighted by molar-refractivity contribution is 0.124. The van der Waals surface area contributed by atoms with E-state index in [9.17, 15) is 5.11 Å². The number of aryl methyl sites for hydroxylation is 1. The summed E-state index contributed by atoms with van der Waals surface area (Å²) >= 11 is 12.7. The molecule has 2 unspecified atom stereocenters. The van der Waals surface area contributed by atoms with E-state index in [2.05, 4.69) is 15.4 Å². The van der Waals surface area contributed by atoms with Gasteiger partial charge in [0.2, 0.25) is 0 Å². The molecule has 0 spiro atoms. The molecule has 3 heterocycles. The van der Waals surface area contributed by atoms with Crippen molar-refractivity contribution in [2.75, 3.05) is 32.8 Å². The summed E-state index contributed by atoms with van der Waals surface area (Å²) in [6, 6.07) is 5.44. The van der Waals surface area contributed by atoms with E-state index in [1.54, 1.807) is 0 Å². The lowest BCUT2D eigenvalue weighted by Crippen LogP contribution is -2.35. The molecule has 1 aromatic carbocycles. The van der Waals surface area contributed by atoms with Gasteiger partial charge in [-0.1, -0.05) is 34.4 Å². The van der Waals surface area contributed by atoms with Crippen molar-refractivity contribution in [3.8, 4) is 11.3 Å². The number of aromatic nitrogens is 1. The zero-order valence-electron chi connectivity index (χ0n) is 14.9. The van der Waals surface area contributed by atoms with Gasteiger partial charge in [0.1, 0.15) is 11.5 Å². The Kier molecular flexibility index (Phi) is 7.47. The molecular weight excluding hydrogens is 432 g/mol. The number of hydrogen-bond acceptors (Lipinski definition) is 5. The van der Waals surface area contributed by atoms with Crippen molar-refractivity contribution in [1.29, 1.82) is 0 Å². The minimum absolute atomic E-state index is 0. The number of benzene rings is 1. The predicted octanol–water partition coefficient (Wildman–Crippen LogP) is 3.81. The van der Waals surface area contributed by atoms with Crippen LogP contribution in [0.5, 0.6) is 0 Å². The number of nitrogens with one attached hydrogen (secondary N) is 1. The zero-order valence-corrected chi connectivity index (χ0v) is 18.0. The van der Waals surface area contributed by atoms with Crippen LogP contribution in [0.4, 0.5) is 0 Å². The van der Waals surface area contributed by atoms with Gasteiger partial charge in [0.05, 0.1) is 16.7 Å². The van der Waals surface area contributed by atoms with Crippen molar-refractivity contribution in [3.05, 3.63) is 39.6 Å². The number of nitrogens with zero attached hydrogens (tertiary/aromatic N) is 2. The van der Waals surface area contributed by atoms with Crippen molar-refractivity contribution in [3.63, 3.8) is 0 Å². The second-order valence-electron chi connectivity index (χ2n) is 7.18. The first-order chi connectivity index (χ1) is 12.0. The van der Waals surface area contributed by atoms with Crippen LogP contribution in [0, 0.1) is 18.3 Å². The maximum Gasteiger partial charge on any atom is 0.138 e. The van der Waals surface area contributed by atoms with Crippen LogP contribution in [0.1, 0.15) is 11.3 Å². The highest BCUT2D eigenvalue weighted by Crippen LogP contribution is 2.41. The summed E-state index contributed by atoms with van der Waals surface area (Å²) in [6.07, 6.45) is 0. The Morgan fingerprint density at radius 1 is 1.33 bits per heavy atom. The number of aliphatic hydroxyl groups excluding tert-OH is 1. The van der Waals surface area contributed by atoms with Gasteiger partial charge < -0.3 is 14.9 Å². The largest absolute Gasteiger partial charge is 0.396 e. The SMILES string of the molecule is Cc1onc(-c2c(Cl)cccc2Cl)c1CN1CC2CNCC2(CO)C1.Cl.Cl. The van der Waals surface area contributed by atoms with Gasteiger partial charge in [0.15, 0.2) is 0 Å². The maximum atomic E-state index is 9.90. The number of halogens is 4. The second kappa shape index (κ2) is 8.87. The smallest absolute Gasteiger partial charge is 0.138 e. The van der Waals surface area contributed by atoms with Gasteiger partial charge in [-0.25, -0.2) is 0 Å². The highest BCUT2D eigenvalue weighted by Gasteiger charge is 2.49. The van der Waals surface area contributed by atoms with Crippen molar-refractivity contribution >= 4 is 48.0 Å². The van der Waals surface area contributed by atoms with Crippen LogP contribution < -0.4 is 5.32 Å². The Labute approximate surface area is 181 Å². The number of rotatable bonds is 4. The summed E-state index contributed by atoms with van der Waals surface area (Å²) in [5.74, 6) is 1.25. The summed E-state index contributed by atoms with van der Waals surface area (Å²) in [5.41, 5.74) is 2.40. The standard InChI is InChI=1S/C18H21Cl2N3O2.2ClH/c1-11-13(7-23-6-12-5-21-8-18(12,9-23)10-24)17(22-25-11)16-14(19)3-2-4-15(16)20;;/h2-4,12,21,24H,5-10H2,1H3;2*1H. The van der Waals surface area contributed by atoms with Crippen LogP contribution in [0.25, 0.3) is 11.3 Å². The van der Waals surface area contributed by atoms with Crippen LogP contribution in [0.3, 0.4) is 0 Å². The second-order valence-corrected chi connectivity index (χ2v) is 7.99. The number of fused-ring (bicyclic) bond motifs is 1. The summed E-state index contributed by atoms with van der Waals surface area (Å²) < 4.78 is 5.46. The molecule has 4 rings (SSSR count). The first kappa shape index (κ1) is 22.8. The van der Waals surface area contributed by atoms with Crippen molar-refractivity contribution in [1.82, 2.24) is 15.4 Å². The van der Waals surface area contributed by atoms with E-state index in [1.165, 1.54) is 0 Å². The number of hydrogen-bond donors (Lipinski definition) is 2. The first-order valence-corrected chi connectivity index (χ1v) is 9.23. The Morgan fingerprint density at radius 3 is 2.67 bits per heavy atom. The van der Waals surface area contributed by atoms with E-state index in [0.29, 0.717) is 28.2 Å². The molecule has 5 nitrogen and oxygen atoms in total. The third-order valence-electron chi connectivity index (χ3n) is 5.63. The molecule has 2 atom stereocenters. The summed E-state index contributed by atoms with van der Waals surface area (Å²) in [7, 11) is 0. The van der Waals surface area contributed by atoms with Crippen LogP contribution in [0.15, 0.2) is 22.7 Å². The molecule has 0 radical (unpaired) electrons. The topological polar surface area (TPSA) is 61.5 Å². The molecule has 27 heavy (non-hydrogen) atoms. The van der Waals surface area contributed by atoms with Gasteiger partial charge in [-0.15, -0.1) is 24.8 Å². The molecule has 2 aromatic rings. The van der Waals surface area contributed by atoms with Crippen LogP contribution in [0.2, 0.25) is 10.0 Å². The average Bonchev–Trinajstić information content (AvgIpc) is 3.22. The molecule has 2 N–H and O–H groups in total. The van der Waals surface area contributed by atoms with E-state index in [1.807, 2.05) is 25.1 Å². The minimum atomic E-state index is -0.0345. The normalized spacial score (nSPS) is 24.4. The van der Waals surface area contributed by atoms with Crippen molar-refractivity contribution in [2.45, 2.75) is 13.5 Å². The molecule has 1 aromatic heterocycles. The first-order valence-electron chi connectivity index (χ1n) is 8.47. The molecule has 0 saturated carbocycles. The Balaban J connectivity index is 0.00000131. The number of aliphatic hydroxyl groups is 1. The fourth-order valence-corrected chi connectivity index (χ4v) is 4.77. The molecular formula is C18H23Cl4N3O2. The van der Waals surface area contributed by atoms with Gasteiger partial charge in [0, 0.05) is 42.7 Å². The average molecular weight is 455 g/mol. The quantitative estimate of drug-likeness (QED) is 0.735. The highest BCUT2D eigenvalue weighted by atomic mass is 35.5. The van der Waals surface area contributed by atoms with Gasteiger partial charge in [-0.05, 0) is 31.5 Å². The Hall–Kier alpha value is -0.530. The van der Waals surface area contributed by atoms with E-state index in [0.717, 1.165) is 43.1 Å². The maximum absolute atomic E-state index is 9.90. The lowest BCUT2D eigenvalue weighted by atomic mass is 9.82. The molecule has 150 valence electrons. The Morgan fingerprint density at radius 2 is 2.04 bits per heavy atom. The van der Waals surface area contributed by atoms with E-state index >= 15 is 0 Å². The molecule has 0 bridgehead atoms. The minimum Gasteiger partial charge on any atom is -0.396 e. The predicted molar refractivity (Wildman–Crippen MR) is 112 cm³/mol. The molecule has 2 fully saturated rings. The lowest BCUT2D eigenvalue weighted by Gasteiger charge is -2.25. The summed E-state index contributed by atoms with van der Waals surface area (Å²) in [6.45, 7) is 6.49. The van der Waals surface area contributed by atoms with Crippen LogP contribution in [-0.4, -0.2) is 47.9 Å². The summed E-state index contributed by atoms with van der Waals surface area (Å²) in [5, 5.41) is 18.7. The van der Waals surface area contributed by atoms with Gasteiger partial charge in [-0.3, -0.25) is 4.90 Å². The van der Waals surface area contributed by atoms with Crippen LogP contribution in [-0.2, 0) is 6.54 Å². The van der Waals surface area contributed by atoms with Gasteiger partial charge in [-0.2, -0.15) is 0 Å². The van der Waals surface area contributed by atoms with E-state index in [-0.39, 0.29) is 36.8 Å². The fourth-order valence-electron chi connectivity index (χ4n) is 4.20. The van der Waals surface area contributed by atoms with Crippen molar-refractivity contribution < 1.29 is 9.63 Å². The molecule has 2 aliphatic rings. The summed E-state index contributed by atoms with van der Waals surface area (Å²) in [4.78, 5) is 2.37. The van der Waals surface area contributed by atoms with Crippen LogP contribution >= 0.6 is 48.0 Å². The molecule has 0 amide bonds. The number of likely N-dealkylation sites (tertiary alicyclic amines) is 1. The highest BCUT2D eigenvalue weighted by molar-refractivity contribution is 6.39. The Bertz CT molecular complexity index is 781. The third-order valence-corrected chi connectivity index (χ3v) is 6.26. The monoisotopic (exact) mass is 453 g/mol. The van der Waals surface area contributed by atoms with E-state index in [4.69, 9.17) is 27.7 Å². The van der Waals surface area contributed by atoms with Gasteiger partial charge >= 0.3 is 0 Å². The third kappa shape index (κ3) is 3.97. The molecule has 2 saturated heterocycles. The molecule has 0 aliphatic carbocycles. The molecule has 9 heteroatoms.